The molecule has 3 nitrogen and oxygen atoms in total. The van der Waals surface area contributed by atoms with Gasteiger partial charge in [0.05, 0.1) is 6.42 Å². The van der Waals surface area contributed by atoms with Gasteiger partial charge in [-0.15, -0.1) is 12.4 Å². The molecule has 1 amide bonds. The highest BCUT2D eigenvalue weighted by Gasteiger charge is 2.33. The van der Waals surface area contributed by atoms with Crippen molar-refractivity contribution in [1.29, 1.82) is 0 Å². The number of nitrogens with one attached hydrogen (secondary N) is 2. The molecular formula is C19H29ClN2O. The predicted molar refractivity (Wildman–Crippen MR) is 97.0 cm³/mol. The number of carbonyl (C=O) groups excluding carboxylic acids is 1. The zero-order valence-corrected chi connectivity index (χ0v) is 15.0. The number of rotatable bonds is 5. The van der Waals surface area contributed by atoms with Crippen molar-refractivity contribution in [1.82, 2.24) is 10.6 Å². The van der Waals surface area contributed by atoms with E-state index in [4.69, 9.17) is 0 Å². The molecule has 1 aromatic carbocycles. The first-order valence-electron chi connectivity index (χ1n) is 8.71. The van der Waals surface area contributed by atoms with E-state index in [0.717, 1.165) is 24.8 Å². The van der Waals surface area contributed by atoms with Gasteiger partial charge in [0, 0.05) is 18.1 Å². The van der Waals surface area contributed by atoms with Gasteiger partial charge in [-0.3, -0.25) is 4.79 Å². The van der Waals surface area contributed by atoms with E-state index in [0.29, 0.717) is 30.5 Å². The smallest absolute Gasteiger partial charge is 0.224 e. The molecule has 1 aromatic rings. The number of carbonyl (C=O) groups is 1. The minimum absolute atomic E-state index is 0. The summed E-state index contributed by atoms with van der Waals surface area (Å²) >= 11 is 0. The van der Waals surface area contributed by atoms with Crippen molar-refractivity contribution in [2.24, 2.45) is 5.92 Å². The standard InChI is InChI=1S/C19H28N2O.ClH/c1-13(2)9-14-3-5-15(6-4-14)10-19(22)21-18-11-16-7-8-17(12-18)20-16;/h3-6,13,16-18,20H,7-12H2,1-2H3,(H,21,22);1H. The molecule has 2 aliphatic rings. The molecule has 2 bridgehead atoms. The Morgan fingerprint density at radius 1 is 1.13 bits per heavy atom. The van der Waals surface area contributed by atoms with E-state index in [1.165, 1.54) is 18.4 Å². The van der Waals surface area contributed by atoms with Crippen molar-refractivity contribution in [3.05, 3.63) is 35.4 Å². The Hall–Kier alpha value is -1.06. The van der Waals surface area contributed by atoms with E-state index in [2.05, 4.69) is 48.7 Å². The normalized spacial score (nSPS) is 26.0. The lowest BCUT2D eigenvalue weighted by Crippen LogP contribution is -2.48. The van der Waals surface area contributed by atoms with E-state index >= 15 is 0 Å². The Labute approximate surface area is 146 Å². The van der Waals surface area contributed by atoms with E-state index in [1.54, 1.807) is 0 Å². The van der Waals surface area contributed by atoms with Crippen LogP contribution in [0.2, 0.25) is 0 Å². The molecule has 128 valence electrons. The van der Waals surface area contributed by atoms with Gasteiger partial charge in [0.15, 0.2) is 0 Å². The third-order valence-electron chi connectivity index (χ3n) is 4.87. The Kier molecular flexibility index (Phi) is 6.49. The van der Waals surface area contributed by atoms with Crippen LogP contribution in [0.25, 0.3) is 0 Å². The number of fused-ring (bicyclic) bond motifs is 2. The predicted octanol–water partition coefficient (Wildman–Crippen LogP) is 3.25. The largest absolute Gasteiger partial charge is 0.353 e. The molecule has 0 aliphatic carbocycles. The second-order valence-corrected chi connectivity index (χ2v) is 7.46. The van der Waals surface area contributed by atoms with Gasteiger partial charge in [-0.25, -0.2) is 0 Å². The summed E-state index contributed by atoms with van der Waals surface area (Å²) in [5.41, 5.74) is 2.47. The van der Waals surface area contributed by atoms with Crippen molar-refractivity contribution < 1.29 is 4.79 Å². The zero-order chi connectivity index (χ0) is 15.5. The summed E-state index contributed by atoms with van der Waals surface area (Å²) in [4.78, 5) is 12.2. The SMILES string of the molecule is CC(C)Cc1ccc(CC(=O)NC2CC3CCC(C2)N3)cc1.Cl. The van der Waals surface area contributed by atoms with Crippen LogP contribution in [0.3, 0.4) is 0 Å². The van der Waals surface area contributed by atoms with Gasteiger partial charge in [0.1, 0.15) is 0 Å². The lowest BCUT2D eigenvalue weighted by atomic mass is 9.99. The fourth-order valence-corrected chi connectivity index (χ4v) is 3.90. The molecule has 0 aromatic heterocycles. The van der Waals surface area contributed by atoms with Gasteiger partial charge in [-0.1, -0.05) is 38.1 Å². The highest BCUT2D eigenvalue weighted by Crippen LogP contribution is 2.26. The number of hydrogen-bond donors (Lipinski definition) is 2. The highest BCUT2D eigenvalue weighted by molar-refractivity contribution is 5.85. The molecule has 0 saturated carbocycles. The second-order valence-electron chi connectivity index (χ2n) is 7.46. The van der Waals surface area contributed by atoms with Gasteiger partial charge < -0.3 is 10.6 Å². The topological polar surface area (TPSA) is 41.1 Å². The first-order chi connectivity index (χ1) is 10.6. The van der Waals surface area contributed by atoms with Crippen molar-refractivity contribution in [3.63, 3.8) is 0 Å². The molecule has 2 unspecified atom stereocenters. The number of piperidine rings is 1. The van der Waals surface area contributed by atoms with Gasteiger partial charge in [-0.2, -0.15) is 0 Å². The molecule has 0 radical (unpaired) electrons. The fraction of sp³-hybridized carbons (Fsp3) is 0.632. The van der Waals surface area contributed by atoms with Crippen LogP contribution in [0.1, 0.15) is 50.7 Å². The molecule has 2 fully saturated rings. The molecule has 2 saturated heterocycles. The Morgan fingerprint density at radius 3 is 2.26 bits per heavy atom. The summed E-state index contributed by atoms with van der Waals surface area (Å²) in [6, 6.07) is 10.1. The lowest BCUT2D eigenvalue weighted by molar-refractivity contribution is -0.121. The average molecular weight is 337 g/mol. The van der Waals surface area contributed by atoms with Gasteiger partial charge in [0.2, 0.25) is 5.91 Å². The van der Waals surface area contributed by atoms with Crippen LogP contribution in [-0.4, -0.2) is 24.0 Å². The molecule has 3 rings (SSSR count). The maximum Gasteiger partial charge on any atom is 0.224 e. The molecular weight excluding hydrogens is 308 g/mol. The summed E-state index contributed by atoms with van der Waals surface area (Å²) in [6.07, 6.45) is 6.33. The summed E-state index contributed by atoms with van der Waals surface area (Å²) < 4.78 is 0. The fourth-order valence-electron chi connectivity index (χ4n) is 3.90. The quantitative estimate of drug-likeness (QED) is 0.866. The van der Waals surface area contributed by atoms with Gasteiger partial charge >= 0.3 is 0 Å². The number of benzene rings is 1. The Morgan fingerprint density at radius 2 is 1.70 bits per heavy atom. The van der Waals surface area contributed by atoms with Crippen molar-refractivity contribution in [2.45, 2.75) is 70.5 Å². The zero-order valence-electron chi connectivity index (χ0n) is 14.2. The maximum absolute atomic E-state index is 12.2. The minimum atomic E-state index is 0. The van der Waals surface area contributed by atoms with Gasteiger partial charge in [-0.05, 0) is 49.1 Å². The van der Waals surface area contributed by atoms with E-state index < -0.39 is 0 Å². The first-order valence-corrected chi connectivity index (χ1v) is 8.71. The number of amides is 1. The summed E-state index contributed by atoms with van der Waals surface area (Å²) in [6.45, 7) is 4.46. The van der Waals surface area contributed by atoms with Crippen LogP contribution in [0.15, 0.2) is 24.3 Å². The van der Waals surface area contributed by atoms with Crippen molar-refractivity contribution in [3.8, 4) is 0 Å². The maximum atomic E-state index is 12.2. The van der Waals surface area contributed by atoms with Crippen LogP contribution in [0, 0.1) is 5.92 Å². The van der Waals surface area contributed by atoms with Crippen molar-refractivity contribution in [2.75, 3.05) is 0 Å². The van der Waals surface area contributed by atoms with E-state index in [-0.39, 0.29) is 18.3 Å². The molecule has 2 aliphatic heterocycles. The van der Waals surface area contributed by atoms with E-state index in [1.807, 2.05) is 0 Å². The van der Waals surface area contributed by atoms with Crippen LogP contribution >= 0.6 is 12.4 Å². The molecule has 0 spiro atoms. The number of hydrogen-bond acceptors (Lipinski definition) is 2. The highest BCUT2D eigenvalue weighted by atomic mass is 35.5. The van der Waals surface area contributed by atoms with Crippen molar-refractivity contribution >= 4 is 18.3 Å². The van der Waals surface area contributed by atoms with E-state index in [9.17, 15) is 4.79 Å². The van der Waals surface area contributed by atoms with Crippen LogP contribution in [0.4, 0.5) is 0 Å². The first kappa shape index (κ1) is 18.3. The molecule has 23 heavy (non-hydrogen) atoms. The average Bonchev–Trinajstić information content (AvgIpc) is 2.79. The van der Waals surface area contributed by atoms with Gasteiger partial charge in [0.25, 0.3) is 0 Å². The third kappa shape index (κ3) is 5.22. The van der Waals surface area contributed by atoms with Crippen LogP contribution in [0.5, 0.6) is 0 Å². The Bertz CT molecular complexity index is 503. The van der Waals surface area contributed by atoms with Crippen LogP contribution < -0.4 is 10.6 Å². The third-order valence-corrected chi connectivity index (χ3v) is 4.87. The molecule has 2 atom stereocenters. The summed E-state index contributed by atoms with van der Waals surface area (Å²) in [5, 5.41) is 6.85. The lowest BCUT2D eigenvalue weighted by Gasteiger charge is -2.29. The minimum Gasteiger partial charge on any atom is -0.353 e. The Balaban J connectivity index is 0.00000192. The number of halogens is 1. The molecule has 4 heteroatoms. The molecule has 2 N–H and O–H groups in total. The summed E-state index contributed by atoms with van der Waals surface area (Å²) in [7, 11) is 0. The monoisotopic (exact) mass is 336 g/mol. The molecule has 2 heterocycles. The van der Waals surface area contributed by atoms with Crippen LogP contribution in [-0.2, 0) is 17.6 Å². The summed E-state index contributed by atoms with van der Waals surface area (Å²) in [5.74, 6) is 0.840. The second kappa shape index (κ2) is 8.16.